The summed E-state index contributed by atoms with van der Waals surface area (Å²) in [5.74, 6) is -1.37. The highest BCUT2D eigenvalue weighted by Gasteiger charge is 2.28. The van der Waals surface area contributed by atoms with Gasteiger partial charge < -0.3 is 15.8 Å². The number of ether oxygens (including phenoxy) is 1. The molecule has 0 radical (unpaired) electrons. The van der Waals surface area contributed by atoms with E-state index in [0.29, 0.717) is 23.3 Å². The molecule has 2 aromatic heterocycles. The molecule has 3 rings (SSSR count). The third kappa shape index (κ3) is 5.96. The third-order valence-corrected chi connectivity index (χ3v) is 5.26. The van der Waals surface area contributed by atoms with Crippen LogP contribution in [-0.4, -0.2) is 51.1 Å². The van der Waals surface area contributed by atoms with E-state index in [1.165, 1.54) is 22.7 Å². The number of aryl methyl sites for hydroxylation is 2. The summed E-state index contributed by atoms with van der Waals surface area (Å²) in [6.45, 7) is 5.49. The van der Waals surface area contributed by atoms with Crippen molar-refractivity contribution in [3.8, 4) is 5.88 Å². The molecule has 1 atom stereocenters. The summed E-state index contributed by atoms with van der Waals surface area (Å²) >= 11 is 0. The van der Waals surface area contributed by atoms with E-state index in [1.807, 2.05) is 19.9 Å². The molecule has 2 heterocycles. The predicted molar refractivity (Wildman–Crippen MR) is 133 cm³/mol. The average molecular weight is 452 g/mol. The fourth-order valence-corrected chi connectivity index (χ4v) is 4.20. The van der Waals surface area contributed by atoms with Crippen LogP contribution in [0.15, 0.2) is 30.3 Å². The van der Waals surface area contributed by atoms with E-state index in [2.05, 4.69) is 34.0 Å². The molecule has 1 aromatic carbocycles. The van der Waals surface area contributed by atoms with E-state index in [-0.39, 0.29) is 29.1 Å². The van der Waals surface area contributed by atoms with Crippen molar-refractivity contribution in [3.63, 3.8) is 0 Å². The second-order valence-corrected chi connectivity index (χ2v) is 10.2. The van der Waals surface area contributed by atoms with Crippen LogP contribution >= 0.6 is 0 Å². The van der Waals surface area contributed by atoms with Crippen LogP contribution in [0.25, 0.3) is 5.52 Å². The lowest BCUT2D eigenvalue weighted by atomic mass is 9.40. The van der Waals surface area contributed by atoms with E-state index in [9.17, 15) is 13.6 Å². The molecule has 0 fully saturated rings. The van der Waals surface area contributed by atoms with Gasteiger partial charge in [-0.3, -0.25) is 4.79 Å². The van der Waals surface area contributed by atoms with E-state index < -0.39 is 17.2 Å². The lowest BCUT2D eigenvalue weighted by molar-refractivity contribution is 0.0945. The Kier molecular flexibility index (Phi) is 6.93. The molecule has 0 aliphatic rings. The van der Waals surface area contributed by atoms with Crippen LogP contribution in [0.1, 0.15) is 40.5 Å². The molecule has 6 nitrogen and oxygen atoms in total. The Morgan fingerprint density at radius 1 is 1.21 bits per heavy atom. The number of pyridine rings is 1. The number of hydrogen-bond donors (Lipinski definition) is 2. The summed E-state index contributed by atoms with van der Waals surface area (Å²) in [6.07, 6.45) is 0.734. The number of hydrogen-bond acceptors (Lipinski definition) is 4. The molecule has 33 heavy (non-hydrogen) atoms. The van der Waals surface area contributed by atoms with Gasteiger partial charge in [0.05, 0.1) is 45.9 Å². The molecule has 0 aliphatic heterocycles. The topological polar surface area (TPSA) is 81.6 Å². The van der Waals surface area contributed by atoms with Crippen LogP contribution in [0.4, 0.5) is 8.78 Å². The Labute approximate surface area is 195 Å². The van der Waals surface area contributed by atoms with Crippen molar-refractivity contribution < 1.29 is 18.3 Å². The first-order valence-electron chi connectivity index (χ1n) is 10.9. The lowest BCUT2D eigenvalue weighted by Gasteiger charge is -2.32. The van der Waals surface area contributed by atoms with Gasteiger partial charge in [-0.05, 0) is 51.0 Å². The summed E-state index contributed by atoms with van der Waals surface area (Å²) in [7, 11) is 6.31. The Hall–Kier alpha value is -2.81. The van der Waals surface area contributed by atoms with Crippen molar-refractivity contribution >= 4 is 35.0 Å². The predicted octanol–water partition coefficient (Wildman–Crippen LogP) is 0.619. The average Bonchev–Trinajstić information content (AvgIpc) is 2.99. The number of aromatic nitrogens is 2. The number of nitrogens with two attached hydrogens (primary N) is 1. The zero-order valence-corrected chi connectivity index (χ0v) is 20.1. The van der Waals surface area contributed by atoms with Gasteiger partial charge in [0, 0.05) is 18.2 Å². The van der Waals surface area contributed by atoms with Crippen molar-refractivity contribution in [1.29, 1.82) is 0 Å². The highest BCUT2D eigenvalue weighted by molar-refractivity contribution is 6.58. The van der Waals surface area contributed by atoms with E-state index in [0.717, 1.165) is 12.0 Å². The van der Waals surface area contributed by atoms with Crippen LogP contribution in [-0.2, 0) is 6.61 Å². The van der Waals surface area contributed by atoms with Crippen LogP contribution in [0, 0.1) is 25.5 Å². The molecular formula is C22H29B3F2N4O2. The summed E-state index contributed by atoms with van der Waals surface area (Å²) in [5.41, 5.74) is 7.94. The molecule has 3 N–H and O–H groups in total. The van der Waals surface area contributed by atoms with E-state index in [4.69, 9.17) is 10.5 Å². The summed E-state index contributed by atoms with van der Waals surface area (Å²) in [6, 6.07) is 7.19. The van der Waals surface area contributed by atoms with Gasteiger partial charge in [-0.15, -0.1) is 5.11 Å². The number of amides is 1. The Bertz CT molecular complexity index is 1170. The number of rotatable bonds is 8. The van der Waals surface area contributed by atoms with Gasteiger partial charge in [-0.2, -0.15) is 9.61 Å². The van der Waals surface area contributed by atoms with Crippen molar-refractivity contribution in [3.05, 3.63) is 64.4 Å². The molecular weight excluding hydrogens is 423 g/mol. The third-order valence-electron chi connectivity index (χ3n) is 5.26. The first-order chi connectivity index (χ1) is 15.3. The smallest absolute Gasteiger partial charge is 0.255 e. The maximum atomic E-state index is 14.0. The Morgan fingerprint density at radius 2 is 1.85 bits per heavy atom. The van der Waals surface area contributed by atoms with Crippen molar-refractivity contribution in [1.82, 2.24) is 14.9 Å². The fraction of sp³-hybridized carbons (Fsp3) is 0.364. The van der Waals surface area contributed by atoms with Crippen molar-refractivity contribution in [2.75, 3.05) is 6.54 Å². The molecule has 0 spiro atoms. The number of benzene rings is 1. The molecule has 0 bridgehead atoms. The first-order valence-corrected chi connectivity index (χ1v) is 10.9. The highest BCUT2D eigenvalue weighted by atomic mass is 19.1. The van der Waals surface area contributed by atoms with Crippen LogP contribution < -0.4 is 15.8 Å². The van der Waals surface area contributed by atoms with Gasteiger partial charge >= 0.3 is 0 Å². The molecule has 3 aromatic rings. The molecule has 172 valence electrons. The monoisotopic (exact) mass is 452 g/mol. The largest absolute Gasteiger partial charge is 0.473 e. The number of carbonyl (C=O) groups is 1. The maximum Gasteiger partial charge on any atom is 0.255 e. The number of carbonyl (C=O) groups excluding carboxylic acids is 1. The summed E-state index contributed by atoms with van der Waals surface area (Å²) in [4.78, 5) is 13.1. The van der Waals surface area contributed by atoms with Crippen LogP contribution in [0.5, 0.6) is 5.88 Å². The number of nitrogens with zero attached hydrogens (tertiary/aromatic N) is 2. The van der Waals surface area contributed by atoms with Gasteiger partial charge in [0.25, 0.3) is 5.91 Å². The maximum absolute atomic E-state index is 14.0. The number of halogens is 2. The molecule has 0 saturated heterocycles. The lowest BCUT2D eigenvalue weighted by Crippen LogP contribution is -2.50. The number of nitrogens with one attached hydrogen (secondary N) is 1. The summed E-state index contributed by atoms with van der Waals surface area (Å²) < 4.78 is 35.2. The minimum atomic E-state index is -0.685. The quantitative estimate of drug-likeness (QED) is 0.492. The van der Waals surface area contributed by atoms with Gasteiger partial charge in [-0.25, -0.2) is 8.78 Å². The van der Waals surface area contributed by atoms with Crippen LogP contribution in [0.2, 0.25) is 5.11 Å². The molecule has 0 aliphatic carbocycles. The number of fused-ring (bicyclic) bond motifs is 1. The van der Waals surface area contributed by atoms with Gasteiger partial charge in [0.15, 0.2) is 0 Å². The Morgan fingerprint density at radius 3 is 2.45 bits per heavy atom. The molecule has 1 unspecified atom stereocenters. The van der Waals surface area contributed by atoms with Crippen molar-refractivity contribution in [2.45, 2.75) is 44.5 Å². The second-order valence-electron chi connectivity index (χ2n) is 10.2. The Balaban J connectivity index is 1.87. The minimum absolute atomic E-state index is 0.0234. The van der Waals surface area contributed by atoms with Crippen molar-refractivity contribution in [2.24, 2.45) is 5.73 Å². The zero-order valence-electron chi connectivity index (χ0n) is 20.1. The fourth-order valence-electron chi connectivity index (χ4n) is 4.20. The molecule has 0 saturated carbocycles. The SMILES string of the molecule is BC(B)(B)CC(C)(N)CNC(=O)c1c(C)nn2c(OCc3c(F)cccc3F)cc(C)cc12. The molecule has 11 heteroatoms. The van der Waals surface area contributed by atoms with Gasteiger partial charge in [-0.1, -0.05) is 6.07 Å². The molecule has 1 amide bonds. The van der Waals surface area contributed by atoms with Gasteiger partial charge in [0.2, 0.25) is 5.88 Å². The highest BCUT2D eigenvalue weighted by Crippen LogP contribution is 2.26. The van der Waals surface area contributed by atoms with E-state index in [1.54, 1.807) is 13.0 Å². The van der Waals surface area contributed by atoms with E-state index >= 15 is 0 Å². The summed E-state index contributed by atoms with van der Waals surface area (Å²) in [5, 5.41) is 7.41. The first kappa shape index (κ1) is 24.8. The second kappa shape index (κ2) is 9.21. The zero-order chi connectivity index (χ0) is 24.6. The van der Waals surface area contributed by atoms with Crippen LogP contribution in [0.3, 0.4) is 0 Å². The van der Waals surface area contributed by atoms with Gasteiger partial charge in [0.1, 0.15) is 18.2 Å². The standard InChI is InChI=1S/C22H29B3F2N4O2/c1-12-7-17-19(20(32)29-11-21(3,28)10-22(23,24)25)13(2)30-31(17)18(8-12)33-9-14-15(26)5-4-6-16(14)27/h4-8H,9-11,23-25,28H2,1-3H3,(H,29,32). The normalized spacial score (nSPS) is 13.6. The minimum Gasteiger partial charge on any atom is -0.473 e.